The summed E-state index contributed by atoms with van der Waals surface area (Å²) in [4.78, 5) is 2.32. The van der Waals surface area contributed by atoms with Crippen molar-refractivity contribution in [3.05, 3.63) is 0 Å². The molecule has 0 aromatic heterocycles. The van der Waals surface area contributed by atoms with E-state index in [0.717, 1.165) is 19.5 Å². The molecule has 0 bridgehead atoms. The summed E-state index contributed by atoms with van der Waals surface area (Å²) in [6.45, 7) is 3.75. The summed E-state index contributed by atoms with van der Waals surface area (Å²) in [6.07, 6.45) is 3.95. The molecule has 0 amide bonds. The average Bonchev–Trinajstić information content (AvgIpc) is 2.38. The standard InChI is InChI=1S/C12H28N4O2S/c1-15-10-5-12(6-11-15)4-8-14-19(17,18)16(2)9-3-7-13/h12,14H,3-11,13H2,1-2H3. The number of likely N-dealkylation sites (tertiary alicyclic amines) is 1. The van der Waals surface area contributed by atoms with Gasteiger partial charge in [-0.05, 0) is 58.3 Å². The summed E-state index contributed by atoms with van der Waals surface area (Å²) in [7, 11) is 0.394. The molecular formula is C12H28N4O2S. The van der Waals surface area contributed by atoms with E-state index in [9.17, 15) is 8.42 Å². The molecule has 1 saturated heterocycles. The molecule has 0 aromatic rings. The van der Waals surface area contributed by atoms with Crippen molar-refractivity contribution in [3.63, 3.8) is 0 Å². The molecule has 19 heavy (non-hydrogen) atoms. The molecule has 0 spiro atoms. The van der Waals surface area contributed by atoms with E-state index in [1.54, 1.807) is 7.05 Å². The van der Waals surface area contributed by atoms with Gasteiger partial charge in [0, 0.05) is 20.1 Å². The lowest BCUT2D eigenvalue weighted by atomic mass is 9.94. The highest BCUT2D eigenvalue weighted by Crippen LogP contribution is 2.18. The third-order valence-corrected chi connectivity index (χ3v) is 5.33. The van der Waals surface area contributed by atoms with Crippen LogP contribution >= 0.6 is 0 Å². The number of hydrogen-bond donors (Lipinski definition) is 2. The van der Waals surface area contributed by atoms with E-state index in [4.69, 9.17) is 5.73 Å². The maximum Gasteiger partial charge on any atom is 0.279 e. The first-order valence-corrected chi connectivity index (χ1v) is 8.49. The fraction of sp³-hybridized carbons (Fsp3) is 1.00. The molecule has 6 nitrogen and oxygen atoms in total. The first-order valence-electron chi connectivity index (χ1n) is 7.05. The van der Waals surface area contributed by atoms with Crippen LogP contribution in [0.2, 0.25) is 0 Å². The smallest absolute Gasteiger partial charge is 0.279 e. The summed E-state index contributed by atoms with van der Waals surface area (Å²) in [6, 6.07) is 0. The van der Waals surface area contributed by atoms with Gasteiger partial charge in [0.25, 0.3) is 10.2 Å². The van der Waals surface area contributed by atoms with Crippen LogP contribution in [0.5, 0.6) is 0 Å². The highest BCUT2D eigenvalue weighted by molar-refractivity contribution is 7.87. The number of nitrogens with one attached hydrogen (secondary N) is 1. The third kappa shape index (κ3) is 6.18. The molecule has 7 heteroatoms. The van der Waals surface area contributed by atoms with Crippen molar-refractivity contribution >= 4 is 10.2 Å². The van der Waals surface area contributed by atoms with Gasteiger partial charge in [0.15, 0.2) is 0 Å². The van der Waals surface area contributed by atoms with Crippen molar-refractivity contribution in [3.8, 4) is 0 Å². The van der Waals surface area contributed by atoms with E-state index in [1.807, 2.05) is 0 Å². The first kappa shape index (κ1) is 16.8. The van der Waals surface area contributed by atoms with Crippen LogP contribution in [0, 0.1) is 5.92 Å². The summed E-state index contributed by atoms with van der Waals surface area (Å²) < 4.78 is 27.8. The van der Waals surface area contributed by atoms with Crippen LogP contribution in [0.1, 0.15) is 25.7 Å². The zero-order chi connectivity index (χ0) is 14.3. The van der Waals surface area contributed by atoms with E-state index in [0.29, 0.717) is 32.0 Å². The normalized spacial score (nSPS) is 19.2. The fourth-order valence-electron chi connectivity index (χ4n) is 2.29. The molecule has 0 saturated carbocycles. The second-order valence-electron chi connectivity index (χ2n) is 5.40. The van der Waals surface area contributed by atoms with Crippen molar-refractivity contribution in [2.45, 2.75) is 25.7 Å². The second kappa shape index (κ2) is 8.16. The van der Waals surface area contributed by atoms with Gasteiger partial charge in [-0.3, -0.25) is 0 Å². The molecule has 3 N–H and O–H groups in total. The first-order chi connectivity index (χ1) is 8.95. The largest absolute Gasteiger partial charge is 0.330 e. The van der Waals surface area contributed by atoms with Gasteiger partial charge in [0.1, 0.15) is 0 Å². The van der Waals surface area contributed by atoms with Gasteiger partial charge in [-0.2, -0.15) is 12.7 Å². The highest BCUT2D eigenvalue weighted by atomic mass is 32.2. The minimum Gasteiger partial charge on any atom is -0.330 e. The summed E-state index contributed by atoms with van der Waals surface area (Å²) in [5.74, 6) is 0.647. The van der Waals surface area contributed by atoms with Gasteiger partial charge in [-0.15, -0.1) is 0 Å². The van der Waals surface area contributed by atoms with Crippen LogP contribution in [0.4, 0.5) is 0 Å². The molecule has 1 aliphatic rings. The van der Waals surface area contributed by atoms with Gasteiger partial charge in [0.2, 0.25) is 0 Å². The Hall–Kier alpha value is -0.210. The quantitative estimate of drug-likeness (QED) is 0.651. The zero-order valence-electron chi connectivity index (χ0n) is 12.1. The molecule has 1 heterocycles. The molecule has 0 aliphatic carbocycles. The maximum atomic E-state index is 11.9. The molecule has 0 unspecified atom stereocenters. The number of piperidine rings is 1. The zero-order valence-corrected chi connectivity index (χ0v) is 13.0. The Morgan fingerprint density at radius 2 is 2.00 bits per heavy atom. The maximum absolute atomic E-state index is 11.9. The third-order valence-electron chi connectivity index (χ3n) is 3.76. The Bertz CT molecular complexity index is 340. The molecule has 1 fully saturated rings. The molecule has 0 radical (unpaired) electrons. The Morgan fingerprint density at radius 3 is 2.58 bits per heavy atom. The number of hydrogen-bond acceptors (Lipinski definition) is 4. The fourth-order valence-corrected chi connectivity index (χ4v) is 3.25. The lowest BCUT2D eigenvalue weighted by Crippen LogP contribution is -2.40. The topological polar surface area (TPSA) is 78.7 Å². The van der Waals surface area contributed by atoms with Gasteiger partial charge in [0.05, 0.1) is 0 Å². The Balaban J connectivity index is 2.23. The van der Waals surface area contributed by atoms with E-state index in [-0.39, 0.29) is 0 Å². The van der Waals surface area contributed by atoms with Crippen LogP contribution in [0.3, 0.4) is 0 Å². The van der Waals surface area contributed by atoms with Crippen molar-refractivity contribution in [2.75, 3.05) is 46.8 Å². The summed E-state index contributed by atoms with van der Waals surface area (Å²) in [5, 5.41) is 0. The van der Waals surface area contributed by atoms with E-state index in [2.05, 4.69) is 16.7 Å². The van der Waals surface area contributed by atoms with Crippen molar-refractivity contribution in [1.29, 1.82) is 0 Å². The van der Waals surface area contributed by atoms with Gasteiger partial charge in [-0.25, -0.2) is 4.72 Å². The number of nitrogens with zero attached hydrogens (tertiary/aromatic N) is 2. The van der Waals surface area contributed by atoms with Gasteiger partial charge < -0.3 is 10.6 Å². The molecular weight excluding hydrogens is 264 g/mol. The van der Waals surface area contributed by atoms with E-state index >= 15 is 0 Å². The van der Waals surface area contributed by atoms with Crippen LogP contribution in [0.15, 0.2) is 0 Å². The Kier molecular flexibility index (Phi) is 7.23. The van der Waals surface area contributed by atoms with Crippen molar-refractivity contribution in [1.82, 2.24) is 13.9 Å². The van der Waals surface area contributed by atoms with E-state index in [1.165, 1.54) is 17.1 Å². The summed E-state index contributed by atoms with van der Waals surface area (Å²) >= 11 is 0. The summed E-state index contributed by atoms with van der Waals surface area (Å²) in [5.41, 5.74) is 5.38. The molecule has 0 aromatic carbocycles. The molecule has 1 aliphatic heterocycles. The number of rotatable bonds is 8. The van der Waals surface area contributed by atoms with Crippen LogP contribution in [-0.4, -0.2) is 64.4 Å². The lowest BCUT2D eigenvalue weighted by molar-refractivity contribution is 0.213. The predicted molar refractivity (Wildman–Crippen MR) is 78.1 cm³/mol. The van der Waals surface area contributed by atoms with E-state index < -0.39 is 10.2 Å². The molecule has 1 rings (SSSR count). The van der Waals surface area contributed by atoms with Gasteiger partial charge in [-0.1, -0.05) is 0 Å². The van der Waals surface area contributed by atoms with Gasteiger partial charge >= 0.3 is 0 Å². The minimum atomic E-state index is -3.33. The van der Waals surface area contributed by atoms with Crippen LogP contribution in [0.25, 0.3) is 0 Å². The average molecular weight is 292 g/mol. The second-order valence-corrected chi connectivity index (χ2v) is 7.26. The monoisotopic (exact) mass is 292 g/mol. The van der Waals surface area contributed by atoms with Crippen molar-refractivity contribution < 1.29 is 8.42 Å². The van der Waals surface area contributed by atoms with Crippen LogP contribution in [-0.2, 0) is 10.2 Å². The van der Waals surface area contributed by atoms with Crippen LogP contribution < -0.4 is 10.5 Å². The lowest BCUT2D eigenvalue weighted by Gasteiger charge is -2.29. The minimum absolute atomic E-state index is 0.472. The Morgan fingerprint density at radius 1 is 1.37 bits per heavy atom. The number of nitrogens with two attached hydrogens (primary N) is 1. The molecule has 114 valence electrons. The highest BCUT2D eigenvalue weighted by Gasteiger charge is 2.19. The van der Waals surface area contributed by atoms with Crippen molar-refractivity contribution in [2.24, 2.45) is 11.7 Å². The molecule has 0 atom stereocenters. The Labute approximate surface area is 117 Å². The predicted octanol–water partition coefficient (Wildman–Crippen LogP) is -0.167. The SMILES string of the molecule is CN1CCC(CCNS(=O)(=O)N(C)CCCN)CC1.